The standard InChI is InChI=1S/C17H23FN2O5/c1-24-8-11-6-10-7-14(21)15(17(10,23)9-25-11)20-16(22)19-13-5-3-2-4-12(13)18/h2-5,10-11,14-15,21,23H,6-9H2,1H3,(H2,19,20,22)/t10-,11+,14-,15+,17+/m0/s1. The molecule has 2 fully saturated rings. The summed E-state index contributed by atoms with van der Waals surface area (Å²) < 4.78 is 24.3. The van der Waals surface area contributed by atoms with Gasteiger partial charge in [0.2, 0.25) is 0 Å². The van der Waals surface area contributed by atoms with E-state index in [4.69, 9.17) is 9.47 Å². The van der Waals surface area contributed by atoms with E-state index in [0.29, 0.717) is 19.4 Å². The lowest BCUT2D eigenvalue weighted by Crippen LogP contribution is -2.61. The summed E-state index contributed by atoms with van der Waals surface area (Å²) >= 11 is 0. The molecule has 1 aliphatic carbocycles. The van der Waals surface area contributed by atoms with Crippen LogP contribution in [-0.2, 0) is 9.47 Å². The average Bonchev–Trinajstić information content (AvgIpc) is 2.81. The quantitative estimate of drug-likeness (QED) is 0.643. The molecule has 0 unspecified atom stereocenters. The van der Waals surface area contributed by atoms with Gasteiger partial charge in [-0.3, -0.25) is 0 Å². The number of rotatable bonds is 4. The minimum absolute atomic E-state index is 0.00655. The first-order chi connectivity index (χ1) is 11.9. The highest BCUT2D eigenvalue weighted by Gasteiger charge is 2.57. The molecule has 1 aromatic carbocycles. The van der Waals surface area contributed by atoms with Crippen LogP contribution < -0.4 is 10.6 Å². The molecule has 1 saturated heterocycles. The molecule has 5 atom stereocenters. The minimum Gasteiger partial charge on any atom is -0.391 e. The summed E-state index contributed by atoms with van der Waals surface area (Å²) in [4.78, 5) is 12.2. The molecule has 0 radical (unpaired) electrons. The third-order valence-electron chi connectivity index (χ3n) is 5.02. The Morgan fingerprint density at radius 3 is 2.92 bits per heavy atom. The maximum atomic E-state index is 13.6. The van der Waals surface area contributed by atoms with Crippen molar-refractivity contribution < 1.29 is 28.9 Å². The van der Waals surface area contributed by atoms with E-state index in [1.165, 1.54) is 18.2 Å². The highest BCUT2D eigenvalue weighted by Crippen LogP contribution is 2.43. The smallest absolute Gasteiger partial charge is 0.319 e. The number of para-hydroxylation sites is 1. The van der Waals surface area contributed by atoms with Gasteiger partial charge in [0.15, 0.2) is 0 Å². The molecule has 4 N–H and O–H groups in total. The molecule has 1 heterocycles. The number of halogens is 1. The van der Waals surface area contributed by atoms with Crippen LogP contribution in [0, 0.1) is 11.7 Å². The summed E-state index contributed by atoms with van der Waals surface area (Å²) in [6.45, 7) is 0.405. The van der Waals surface area contributed by atoms with Crippen molar-refractivity contribution in [1.29, 1.82) is 0 Å². The topological polar surface area (TPSA) is 100 Å². The maximum Gasteiger partial charge on any atom is 0.319 e. The molecular weight excluding hydrogens is 331 g/mol. The predicted octanol–water partition coefficient (Wildman–Crippen LogP) is 0.863. The number of hydrogen-bond donors (Lipinski definition) is 4. The van der Waals surface area contributed by atoms with Crippen LogP contribution in [-0.4, -0.2) is 60.4 Å². The summed E-state index contributed by atoms with van der Waals surface area (Å²) in [6, 6.07) is 4.18. The van der Waals surface area contributed by atoms with Gasteiger partial charge in [0.05, 0.1) is 37.2 Å². The number of fused-ring (bicyclic) bond motifs is 1. The van der Waals surface area contributed by atoms with Crippen LogP contribution in [0.3, 0.4) is 0 Å². The zero-order chi connectivity index (χ0) is 18.0. The van der Waals surface area contributed by atoms with E-state index in [2.05, 4.69) is 10.6 Å². The zero-order valence-electron chi connectivity index (χ0n) is 13.9. The lowest BCUT2D eigenvalue weighted by atomic mass is 9.82. The van der Waals surface area contributed by atoms with Crippen molar-refractivity contribution in [2.45, 2.75) is 36.7 Å². The van der Waals surface area contributed by atoms with E-state index >= 15 is 0 Å². The zero-order valence-corrected chi connectivity index (χ0v) is 13.9. The number of benzene rings is 1. The van der Waals surface area contributed by atoms with Crippen LogP contribution in [0.25, 0.3) is 0 Å². The van der Waals surface area contributed by atoms with Gasteiger partial charge >= 0.3 is 6.03 Å². The third kappa shape index (κ3) is 3.62. The van der Waals surface area contributed by atoms with Crippen LogP contribution >= 0.6 is 0 Å². The largest absolute Gasteiger partial charge is 0.391 e. The second-order valence-corrected chi connectivity index (χ2v) is 6.67. The van der Waals surface area contributed by atoms with Crippen molar-refractivity contribution in [3.8, 4) is 0 Å². The molecule has 2 aliphatic rings. The highest BCUT2D eigenvalue weighted by molar-refractivity contribution is 5.89. The normalized spacial score (nSPS) is 34.4. The number of amides is 2. The number of carbonyl (C=O) groups is 1. The summed E-state index contributed by atoms with van der Waals surface area (Å²) in [5.74, 6) is -0.778. The van der Waals surface area contributed by atoms with E-state index in [-0.39, 0.29) is 24.3 Å². The van der Waals surface area contributed by atoms with Gasteiger partial charge < -0.3 is 30.3 Å². The molecule has 7 nitrogen and oxygen atoms in total. The number of aliphatic hydroxyl groups excluding tert-OH is 1. The summed E-state index contributed by atoms with van der Waals surface area (Å²) in [7, 11) is 1.57. The Morgan fingerprint density at radius 2 is 2.20 bits per heavy atom. The van der Waals surface area contributed by atoms with Gasteiger partial charge in [-0.1, -0.05) is 12.1 Å². The van der Waals surface area contributed by atoms with Crippen molar-refractivity contribution in [2.24, 2.45) is 5.92 Å². The van der Waals surface area contributed by atoms with Crippen molar-refractivity contribution >= 4 is 11.7 Å². The first-order valence-electron chi connectivity index (χ1n) is 8.27. The van der Waals surface area contributed by atoms with Crippen LogP contribution in [0.15, 0.2) is 24.3 Å². The maximum absolute atomic E-state index is 13.6. The fourth-order valence-electron chi connectivity index (χ4n) is 3.75. The molecule has 3 rings (SSSR count). The van der Waals surface area contributed by atoms with E-state index < -0.39 is 29.6 Å². The average molecular weight is 354 g/mol. The molecule has 2 amide bonds. The Morgan fingerprint density at radius 1 is 1.44 bits per heavy atom. The van der Waals surface area contributed by atoms with E-state index in [0.717, 1.165) is 0 Å². The van der Waals surface area contributed by atoms with E-state index in [1.807, 2.05) is 0 Å². The van der Waals surface area contributed by atoms with Crippen LogP contribution in [0.2, 0.25) is 0 Å². The van der Waals surface area contributed by atoms with E-state index in [9.17, 15) is 19.4 Å². The van der Waals surface area contributed by atoms with Gasteiger partial charge in [-0.2, -0.15) is 0 Å². The second kappa shape index (κ2) is 7.25. The first kappa shape index (κ1) is 18.1. The SMILES string of the molecule is COC[C@H]1C[C@H]2C[C@H](O)[C@@H](NC(=O)Nc3ccccc3F)[C@@]2(O)CO1. The fourth-order valence-corrected chi connectivity index (χ4v) is 3.75. The molecule has 138 valence electrons. The fraction of sp³-hybridized carbons (Fsp3) is 0.588. The second-order valence-electron chi connectivity index (χ2n) is 6.67. The molecule has 0 aromatic heterocycles. The number of ether oxygens (including phenoxy) is 2. The number of nitrogens with one attached hydrogen (secondary N) is 2. The number of methoxy groups -OCH3 is 1. The third-order valence-corrected chi connectivity index (χ3v) is 5.02. The lowest BCUT2D eigenvalue weighted by Gasteiger charge is -2.41. The van der Waals surface area contributed by atoms with Gasteiger partial charge in [0, 0.05) is 7.11 Å². The number of hydrogen-bond acceptors (Lipinski definition) is 5. The van der Waals surface area contributed by atoms with Crippen LogP contribution in [0.4, 0.5) is 14.9 Å². The molecule has 25 heavy (non-hydrogen) atoms. The molecule has 1 aliphatic heterocycles. The van der Waals surface area contributed by atoms with Gasteiger partial charge in [0.1, 0.15) is 11.4 Å². The number of anilines is 1. The number of aliphatic hydroxyl groups is 2. The van der Waals surface area contributed by atoms with Gasteiger partial charge in [-0.05, 0) is 30.9 Å². The summed E-state index contributed by atoms with van der Waals surface area (Å²) in [5.41, 5.74) is -1.34. The number of carbonyl (C=O) groups excluding carboxylic acids is 1. The Labute approximate surface area is 145 Å². The van der Waals surface area contributed by atoms with Gasteiger partial charge in [-0.25, -0.2) is 9.18 Å². The van der Waals surface area contributed by atoms with Crippen LogP contribution in [0.5, 0.6) is 0 Å². The molecular formula is C17H23FN2O5. The summed E-state index contributed by atoms with van der Waals surface area (Å²) in [6.07, 6.45) is -0.168. The summed E-state index contributed by atoms with van der Waals surface area (Å²) in [5, 5.41) is 26.2. The minimum atomic E-state index is -1.36. The Hall–Kier alpha value is -1.74. The van der Waals surface area contributed by atoms with Crippen molar-refractivity contribution in [3.63, 3.8) is 0 Å². The predicted molar refractivity (Wildman–Crippen MR) is 87.6 cm³/mol. The van der Waals surface area contributed by atoms with E-state index in [1.54, 1.807) is 13.2 Å². The van der Waals surface area contributed by atoms with Crippen molar-refractivity contribution in [2.75, 3.05) is 25.6 Å². The first-order valence-corrected chi connectivity index (χ1v) is 8.27. The molecule has 0 spiro atoms. The molecule has 1 aromatic rings. The molecule has 1 saturated carbocycles. The van der Waals surface area contributed by atoms with Crippen LogP contribution in [0.1, 0.15) is 12.8 Å². The van der Waals surface area contributed by atoms with Crippen molar-refractivity contribution in [1.82, 2.24) is 5.32 Å². The monoisotopic (exact) mass is 354 g/mol. The number of urea groups is 1. The van der Waals surface area contributed by atoms with Gasteiger partial charge in [-0.15, -0.1) is 0 Å². The molecule has 8 heteroatoms. The molecule has 0 bridgehead atoms. The van der Waals surface area contributed by atoms with Gasteiger partial charge in [0.25, 0.3) is 0 Å². The Kier molecular flexibility index (Phi) is 5.24. The van der Waals surface area contributed by atoms with Crippen molar-refractivity contribution in [3.05, 3.63) is 30.1 Å². The lowest BCUT2D eigenvalue weighted by molar-refractivity contribution is -0.162. The Balaban J connectivity index is 1.66. The highest BCUT2D eigenvalue weighted by atomic mass is 19.1. The Bertz CT molecular complexity index is 631.